The van der Waals surface area contributed by atoms with Crippen LogP contribution in [0.15, 0.2) is 40.9 Å². The Morgan fingerprint density at radius 2 is 2.25 bits per heavy atom. The molecule has 1 aliphatic carbocycles. The van der Waals surface area contributed by atoms with Crippen molar-refractivity contribution in [1.82, 2.24) is 9.88 Å². The summed E-state index contributed by atoms with van der Waals surface area (Å²) in [7, 11) is 0. The Morgan fingerprint density at radius 3 is 2.92 bits per heavy atom. The molecule has 5 heteroatoms. The maximum absolute atomic E-state index is 12.8. The molecule has 2 aliphatic rings. The molecule has 1 aromatic carbocycles. The first-order chi connectivity index (χ1) is 11.5. The van der Waals surface area contributed by atoms with Crippen LogP contribution in [-0.2, 0) is 0 Å². The summed E-state index contributed by atoms with van der Waals surface area (Å²) in [6.07, 6.45) is 1.17. The number of pyridine rings is 1. The average molecular weight is 386 g/mol. The Hall–Kier alpha value is -1.72. The summed E-state index contributed by atoms with van der Waals surface area (Å²) in [5.41, 5.74) is 9.48. The molecule has 1 saturated heterocycles. The average Bonchev–Trinajstić information content (AvgIpc) is 3.15. The van der Waals surface area contributed by atoms with Crippen molar-refractivity contribution in [3.05, 3.63) is 52.1 Å². The quantitative estimate of drug-likeness (QED) is 0.881. The van der Waals surface area contributed by atoms with Gasteiger partial charge < -0.3 is 10.6 Å². The van der Waals surface area contributed by atoms with Gasteiger partial charge in [-0.3, -0.25) is 9.78 Å². The van der Waals surface area contributed by atoms with Crippen LogP contribution >= 0.6 is 15.9 Å². The maximum atomic E-state index is 12.8. The van der Waals surface area contributed by atoms with Crippen molar-refractivity contribution in [3.63, 3.8) is 0 Å². The third-order valence-electron chi connectivity index (χ3n) is 5.44. The molecule has 2 heterocycles. The molecular weight excluding hydrogens is 366 g/mol. The molecule has 1 aliphatic heterocycles. The molecule has 1 aromatic heterocycles. The lowest BCUT2D eigenvalue weighted by atomic mass is 10.1. The minimum absolute atomic E-state index is 0.0841. The van der Waals surface area contributed by atoms with Gasteiger partial charge in [0.25, 0.3) is 5.91 Å². The zero-order chi connectivity index (χ0) is 16.9. The van der Waals surface area contributed by atoms with Gasteiger partial charge in [0, 0.05) is 28.5 Å². The van der Waals surface area contributed by atoms with Crippen LogP contribution in [0.4, 0.5) is 0 Å². The largest absolute Gasteiger partial charge is 0.338 e. The van der Waals surface area contributed by atoms with E-state index in [0.29, 0.717) is 18.0 Å². The van der Waals surface area contributed by atoms with Gasteiger partial charge in [-0.15, -0.1) is 0 Å². The van der Waals surface area contributed by atoms with Crippen molar-refractivity contribution in [1.29, 1.82) is 0 Å². The van der Waals surface area contributed by atoms with Crippen molar-refractivity contribution in [3.8, 4) is 11.3 Å². The van der Waals surface area contributed by atoms with Crippen LogP contribution in [0.3, 0.4) is 0 Å². The number of aromatic nitrogens is 1. The Balaban J connectivity index is 1.58. The molecule has 2 aromatic rings. The first-order valence-corrected chi connectivity index (χ1v) is 9.05. The summed E-state index contributed by atoms with van der Waals surface area (Å²) < 4.78 is 1.02. The number of rotatable bonds is 3. The highest BCUT2D eigenvalue weighted by Gasteiger charge is 2.59. The number of nitrogens with zero attached hydrogens (tertiary/aromatic N) is 2. The molecule has 2 N–H and O–H groups in total. The zero-order valence-electron chi connectivity index (χ0n) is 13.6. The van der Waals surface area contributed by atoms with Crippen LogP contribution in [-0.4, -0.2) is 35.4 Å². The number of hydrogen-bond donors (Lipinski definition) is 1. The highest BCUT2D eigenvalue weighted by Crippen LogP contribution is 2.57. The first kappa shape index (κ1) is 15.8. The normalized spacial score (nSPS) is 24.8. The lowest BCUT2D eigenvalue weighted by Gasteiger charge is -2.21. The Labute approximate surface area is 150 Å². The monoisotopic (exact) mass is 385 g/mol. The molecule has 4 nitrogen and oxygen atoms in total. The highest BCUT2D eigenvalue weighted by atomic mass is 79.9. The summed E-state index contributed by atoms with van der Waals surface area (Å²) in [5.74, 6) is 0.682. The van der Waals surface area contributed by atoms with Crippen molar-refractivity contribution in [2.24, 2.45) is 17.1 Å². The molecule has 0 unspecified atom stereocenters. The SMILES string of the molecule is Cc1nc(-c2cccc(Br)c2)ccc1C(=O)N1C[C@H]2C[C@@]2(CN)C1. The summed E-state index contributed by atoms with van der Waals surface area (Å²) in [5, 5.41) is 0. The predicted octanol–water partition coefficient (Wildman–Crippen LogP) is 3.24. The molecule has 1 amide bonds. The van der Waals surface area contributed by atoms with Crippen LogP contribution in [0.25, 0.3) is 11.3 Å². The van der Waals surface area contributed by atoms with E-state index in [1.165, 1.54) is 6.42 Å². The van der Waals surface area contributed by atoms with Crippen molar-refractivity contribution in [2.45, 2.75) is 13.3 Å². The van der Waals surface area contributed by atoms with E-state index in [0.717, 1.165) is 34.5 Å². The second-order valence-corrected chi connectivity index (χ2v) is 7.91. The van der Waals surface area contributed by atoms with E-state index in [-0.39, 0.29) is 11.3 Å². The Morgan fingerprint density at radius 1 is 1.42 bits per heavy atom. The number of hydrogen-bond acceptors (Lipinski definition) is 3. The fourth-order valence-electron chi connectivity index (χ4n) is 3.83. The van der Waals surface area contributed by atoms with Gasteiger partial charge in [-0.05, 0) is 50.1 Å². The zero-order valence-corrected chi connectivity index (χ0v) is 15.2. The Kier molecular flexibility index (Phi) is 3.73. The molecule has 1 saturated carbocycles. The molecule has 0 radical (unpaired) electrons. The number of amides is 1. The molecule has 4 rings (SSSR count). The third kappa shape index (κ3) is 2.56. The highest BCUT2D eigenvalue weighted by molar-refractivity contribution is 9.10. The minimum Gasteiger partial charge on any atom is -0.338 e. The van der Waals surface area contributed by atoms with E-state index in [1.807, 2.05) is 48.2 Å². The van der Waals surface area contributed by atoms with Crippen molar-refractivity contribution in [2.75, 3.05) is 19.6 Å². The first-order valence-electron chi connectivity index (χ1n) is 8.25. The molecule has 0 spiro atoms. The molecule has 2 atom stereocenters. The van der Waals surface area contributed by atoms with Gasteiger partial charge in [0.05, 0.1) is 17.0 Å². The molecule has 0 bridgehead atoms. The molecule has 124 valence electrons. The summed E-state index contributed by atoms with van der Waals surface area (Å²) >= 11 is 3.48. The summed E-state index contributed by atoms with van der Waals surface area (Å²) in [6.45, 7) is 4.22. The number of likely N-dealkylation sites (tertiary alicyclic amines) is 1. The number of carbonyl (C=O) groups excluding carboxylic acids is 1. The smallest absolute Gasteiger partial charge is 0.255 e. The number of piperidine rings is 1. The van der Waals surface area contributed by atoms with E-state index in [9.17, 15) is 4.79 Å². The van der Waals surface area contributed by atoms with Crippen LogP contribution in [0.1, 0.15) is 22.5 Å². The van der Waals surface area contributed by atoms with Gasteiger partial charge in [-0.1, -0.05) is 28.1 Å². The fourth-order valence-corrected chi connectivity index (χ4v) is 4.23. The van der Waals surface area contributed by atoms with Crippen molar-refractivity contribution < 1.29 is 4.79 Å². The number of fused-ring (bicyclic) bond motifs is 1. The van der Waals surface area contributed by atoms with Crippen molar-refractivity contribution >= 4 is 21.8 Å². The van der Waals surface area contributed by atoms with E-state index in [2.05, 4.69) is 20.9 Å². The second kappa shape index (κ2) is 5.67. The number of carbonyl (C=O) groups is 1. The molecule has 2 fully saturated rings. The molecular formula is C19H20BrN3O. The van der Waals surface area contributed by atoms with E-state index in [1.54, 1.807) is 0 Å². The van der Waals surface area contributed by atoms with Gasteiger partial charge in [-0.2, -0.15) is 0 Å². The number of halogens is 1. The van der Waals surface area contributed by atoms with E-state index >= 15 is 0 Å². The Bertz CT molecular complexity index is 818. The standard InChI is InChI=1S/C19H20BrN3O/c1-12-16(18(24)23-9-14-8-19(14,10-21)11-23)5-6-17(22-12)13-3-2-4-15(20)7-13/h2-7,14H,8-11,21H2,1H3/t14-,19-/m1/s1. The van der Waals surface area contributed by atoms with Gasteiger partial charge in [0.2, 0.25) is 0 Å². The van der Waals surface area contributed by atoms with Crippen LogP contribution in [0.2, 0.25) is 0 Å². The van der Waals surface area contributed by atoms with E-state index in [4.69, 9.17) is 5.73 Å². The summed E-state index contributed by atoms with van der Waals surface area (Å²) in [4.78, 5) is 19.4. The minimum atomic E-state index is 0.0841. The molecule has 24 heavy (non-hydrogen) atoms. The maximum Gasteiger partial charge on any atom is 0.255 e. The lowest BCUT2D eigenvalue weighted by molar-refractivity contribution is 0.0764. The topological polar surface area (TPSA) is 59.2 Å². The van der Waals surface area contributed by atoms with Crippen LogP contribution in [0.5, 0.6) is 0 Å². The van der Waals surface area contributed by atoms with Crippen LogP contribution < -0.4 is 5.73 Å². The number of benzene rings is 1. The number of aryl methyl sites for hydroxylation is 1. The summed E-state index contributed by atoms with van der Waals surface area (Å²) in [6, 6.07) is 11.9. The fraction of sp³-hybridized carbons (Fsp3) is 0.368. The number of nitrogens with two attached hydrogens (primary N) is 1. The van der Waals surface area contributed by atoms with Gasteiger partial charge in [0.15, 0.2) is 0 Å². The second-order valence-electron chi connectivity index (χ2n) is 6.99. The van der Waals surface area contributed by atoms with Gasteiger partial charge in [0.1, 0.15) is 0 Å². The van der Waals surface area contributed by atoms with Crippen LogP contribution in [0, 0.1) is 18.3 Å². The predicted molar refractivity (Wildman–Crippen MR) is 97.6 cm³/mol. The lowest BCUT2D eigenvalue weighted by Crippen LogP contribution is -2.34. The third-order valence-corrected chi connectivity index (χ3v) is 5.93. The van der Waals surface area contributed by atoms with Gasteiger partial charge >= 0.3 is 0 Å². The van der Waals surface area contributed by atoms with Gasteiger partial charge in [-0.25, -0.2) is 0 Å². The van der Waals surface area contributed by atoms with E-state index < -0.39 is 0 Å².